The summed E-state index contributed by atoms with van der Waals surface area (Å²) in [6, 6.07) is 13.2. The van der Waals surface area contributed by atoms with Crippen LogP contribution in [0, 0.1) is 17.1 Å². The molecule has 2 aromatic carbocycles. The molecule has 0 saturated heterocycles. The number of pyridine rings is 1. The van der Waals surface area contributed by atoms with Crippen LogP contribution in [0.25, 0.3) is 10.9 Å². The van der Waals surface area contributed by atoms with E-state index in [1.54, 1.807) is 6.07 Å². The predicted molar refractivity (Wildman–Crippen MR) is 77.3 cm³/mol. The van der Waals surface area contributed by atoms with Crippen LogP contribution in [0.4, 0.5) is 10.1 Å². The first-order valence-corrected chi connectivity index (χ1v) is 6.20. The van der Waals surface area contributed by atoms with Crippen LogP contribution in [0.5, 0.6) is 11.5 Å². The van der Waals surface area contributed by atoms with Crippen LogP contribution in [0.2, 0.25) is 0 Å². The highest BCUT2D eigenvalue weighted by atomic mass is 19.1. The zero-order valence-electron chi connectivity index (χ0n) is 10.9. The second-order valence-corrected chi connectivity index (χ2v) is 4.42. The van der Waals surface area contributed by atoms with Gasteiger partial charge in [-0.3, -0.25) is 4.98 Å². The molecule has 3 aromatic rings. The molecule has 0 aliphatic carbocycles. The fourth-order valence-corrected chi connectivity index (χ4v) is 2.01. The topological polar surface area (TPSA) is 71.9 Å². The molecule has 21 heavy (non-hydrogen) atoms. The molecule has 3 rings (SSSR count). The lowest BCUT2D eigenvalue weighted by Gasteiger charge is -2.11. The molecule has 0 aliphatic heterocycles. The molecule has 1 heterocycles. The molecule has 5 heteroatoms. The SMILES string of the molecule is N#Cc1ccc(Oc2c(N)cnc3ccccc23)cc1F. The molecule has 0 saturated carbocycles. The van der Waals surface area contributed by atoms with E-state index in [9.17, 15) is 4.39 Å². The van der Waals surface area contributed by atoms with Crippen LogP contribution in [-0.4, -0.2) is 4.98 Å². The van der Waals surface area contributed by atoms with Gasteiger partial charge in [0.15, 0.2) is 5.75 Å². The number of benzene rings is 2. The Morgan fingerprint density at radius 2 is 2.00 bits per heavy atom. The molecule has 0 fully saturated rings. The standard InChI is InChI=1S/C16H10FN3O/c17-13-7-11(6-5-10(13)8-18)21-16-12-3-1-2-4-15(12)20-9-14(16)19/h1-7,9H,19H2. The van der Waals surface area contributed by atoms with E-state index in [2.05, 4.69) is 4.98 Å². The average molecular weight is 279 g/mol. The Morgan fingerprint density at radius 1 is 1.19 bits per heavy atom. The van der Waals surface area contributed by atoms with Crippen molar-refractivity contribution in [2.75, 3.05) is 5.73 Å². The summed E-state index contributed by atoms with van der Waals surface area (Å²) < 4.78 is 19.3. The number of hydrogen-bond acceptors (Lipinski definition) is 4. The van der Waals surface area contributed by atoms with Crippen molar-refractivity contribution in [1.29, 1.82) is 5.26 Å². The van der Waals surface area contributed by atoms with Gasteiger partial charge < -0.3 is 10.5 Å². The van der Waals surface area contributed by atoms with Gasteiger partial charge in [0.05, 0.1) is 23.0 Å². The van der Waals surface area contributed by atoms with Crippen LogP contribution < -0.4 is 10.5 Å². The molecule has 0 spiro atoms. The lowest BCUT2D eigenvalue weighted by molar-refractivity contribution is 0.483. The Hall–Kier alpha value is -3.13. The highest BCUT2D eigenvalue weighted by Gasteiger charge is 2.10. The van der Waals surface area contributed by atoms with Crippen LogP contribution in [0.3, 0.4) is 0 Å². The molecule has 0 aliphatic rings. The first-order chi connectivity index (χ1) is 10.2. The summed E-state index contributed by atoms with van der Waals surface area (Å²) in [5.41, 5.74) is 6.95. The average Bonchev–Trinajstić information content (AvgIpc) is 2.50. The Labute approximate surface area is 120 Å². The summed E-state index contributed by atoms with van der Waals surface area (Å²) in [5, 5.41) is 9.46. The minimum Gasteiger partial charge on any atom is -0.454 e. The second-order valence-electron chi connectivity index (χ2n) is 4.42. The third-order valence-electron chi connectivity index (χ3n) is 3.03. The maximum Gasteiger partial charge on any atom is 0.161 e. The van der Waals surface area contributed by atoms with Gasteiger partial charge in [-0.2, -0.15) is 5.26 Å². The summed E-state index contributed by atoms with van der Waals surface area (Å²) in [5.74, 6) is 0.0613. The maximum atomic E-state index is 13.6. The highest BCUT2D eigenvalue weighted by molar-refractivity contribution is 5.89. The smallest absolute Gasteiger partial charge is 0.161 e. The monoisotopic (exact) mass is 279 g/mol. The van der Waals surface area contributed by atoms with E-state index in [0.29, 0.717) is 11.4 Å². The molecule has 1 aromatic heterocycles. The number of nitrogens with zero attached hydrogens (tertiary/aromatic N) is 2. The fourth-order valence-electron chi connectivity index (χ4n) is 2.01. The van der Waals surface area contributed by atoms with E-state index in [1.807, 2.05) is 24.3 Å². The number of aromatic nitrogens is 1. The van der Waals surface area contributed by atoms with Gasteiger partial charge in [0.1, 0.15) is 17.6 Å². The summed E-state index contributed by atoms with van der Waals surface area (Å²) in [6.07, 6.45) is 1.50. The van der Waals surface area contributed by atoms with Gasteiger partial charge in [-0.25, -0.2) is 4.39 Å². The summed E-state index contributed by atoms with van der Waals surface area (Å²) in [6.45, 7) is 0. The van der Waals surface area contributed by atoms with E-state index >= 15 is 0 Å². The summed E-state index contributed by atoms with van der Waals surface area (Å²) in [7, 11) is 0. The van der Waals surface area contributed by atoms with Gasteiger partial charge in [0, 0.05) is 11.5 Å². The Kier molecular flexibility index (Phi) is 3.13. The molecular weight excluding hydrogens is 269 g/mol. The van der Waals surface area contributed by atoms with Crippen LogP contribution in [-0.2, 0) is 0 Å². The van der Waals surface area contributed by atoms with Crippen molar-refractivity contribution >= 4 is 16.6 Å². The number of hydrogen-bond donors (Lipinski definition) is 1. The van der Waals surface area contributed by atoms with E-state index in [0.717, 1.165) is 17.0 Å². The number of nitrogens with two attached hydrogens (primary N) is 1. The molecule has 0 radical (unpaired) electrons. The normalized spacial score (nSPS) is 10.3. The van der Waals surface area contributed by atoms with E-state index in [1.165, 1.54) is 18.3 Å². The zero-order chi connectivity index (χ0) is 14.8. The van der Waals surface area contributed by atoms with Crippen molar-refractivity contribution in [1.82, 2.24) is 4.98 Å². The van der Waals surface area contributed by atoms with Gasteiger partial charge in [0.2, 0.25) is 0 Å². The third-order valence-corrected chi connectivity index (χ3v) is 3.03. The minimum absolute atomic E-state index is 0.0325. The first kappa shape index (κ1) is 12.9. The number of para-hydroxylation sites is 1. The lowest BCUT2D eigenvalue weighted by Crippen LogP contribution is -1.96. The molecule has 102 valence electrons. The van der Waals surface area contributed by atoms with Crippen molar-refractivity contribution in [3.05, 3.63) is 60.0 Å². The van der Waals surface area contributed by atoms with Crippen LogP contribution in [0.15, 0.2) is 48.7 Å². The first-order valence-electron chi connectivity index (χ1n) is 6.20. The molecule has 4 nitrogen and oxygen atoms in total. The van der Waals surface area contributed by atoms with Crippen molar-refractivity contribution in [2.24, 2.45) is 0 Å². The zero-order valence-corrected chi connectivity index (χ0v) is 10.9. The highest BCUT2D eigenvalue weighted by Crippen LogP contribution is 2.34. The van der Waals surface area contributed by atoms with Crippen molar-refractivity contribution < 1.29 is 9.13 Å². The lowest BCUT2D eigenvalue weighted by atomic mass is 10.2. The molecule has 0 unspecified atom stereocenters. The number of rotatable bonds is 2. The van der Waals surface area contributed by atoms with Gasteiger partial charge in [0.25, 0.3) is 0 Å². The van der Waals surface area contributed by atoms with E-state index < -0.39 is 5.82 Å². The van der Waals surface area contributed by atoms with Gasteiger partial charge in [-0.05, 0) is 24.3 Å². The van der Waals surface area contributed by atoms with Gasteiger partial charge >= 0.3 is 0 Å². The maximum absolute atomic E-state index is 13.6. The molecule has 0 bridgehead atoms. The third kappa shape index (κ3) is 2.35. The Bertz CT molecular complexity index is 871. The molecule has 0 atom stereocenters. The van der Waals surface area contributed by atoms with Gasteiger partial charge in [-0.15, -0.1) is 0 Å². The van der Waals surface area contributed by atoms with E-state index in [-0.39, 0.29) is 11.3 Å². The van der Waals surface area contributed by atoms with Crippen molar-refractivity contribution in [2.45, 2.75) is 0 Å². The number of nitriles is 1. The second kappa shape index (κ2) is 5.10. The Morgan fingerprint density at radius 3 is 2.76 bits per heavy atom. The minimum atomic E-state index is -0.632. The van der Waals surface area contributed by atoms with Gasteiger partial charge in [-0.1, -0.05) is 12.1 Å². The van der Waals surface area contributed by atoms with Crippen LogP contribution >= 0.6 is 0 Å². The number of halogens is 1. The van der Waals surface area contributed by atoms with Crippen molar-refractivity contribution in [3.8, 4) is 17.6 Å². The summed E-state index contributed by atoms with van der Waals surface area (Å²) in [4.78, 5) is 4.21. The fraction of sp³-hybridized carbons (Fsp3) is 0. The molecular formula is C16H10FN3O. The summed E-state index contributed by atoms with van der Waals surface area (Å²) >= 11 is 0. The molecule has 2 N–H and O–H groups in total. The predicted octanol–water partition coefficient (Wildman–Crippen LogP) is 3.62. The number of fused-ring (bicyclic) bond motifs is 1. The van der Waals surface area contributed by atoms with E-state index in [4.69, 9.17) is 15.7 Å². The Balaban J connectivity index is 2.08. The molecule has 0 amide bonds. The number of anilines is 1. The number of ether oxygens (including phenoxy) is 1. The number of nitrogen functional groups attached to an aromatic ring is 1. The quantitative estimate of drug-likeness (QED) is 0.777. The largest absolute Gasteiger partial charge is 0.454 e. The van der Waals surface area contributed by atoms with Crippen molar-refractivity contribution in [3.63, 3.8) is 0 Å². The van der Waals surface area contributed by atoms with Crippen LogP contribution in [0.1, 0.15) is 5.56 Å².